The maximum absolute atomic E-state index is 13.3. The number of carbonyl (C=O) groups is 2. The number of ether oxygens (including phenoxy) is 1. The van der Waals surface area contributed by atoms with E-state index in [0.717, 1.165) is 23.4 Å². The van der Waals surface area contributed by atoms with Gasteiger partial charge in [0.2, 0.25) is 0 Å². The summed E-state index contributed by atoms with van der Waals surface area (Å²) in [6.45, 7) is 6.54. The number of aliphatic imine (C=N–C) groups is 1. The smallest absolute Gasteiger partial charge is 0.332 e. The third-order valence-corrected chi connectivity index (χ3v) is 7.30. The molecule has 0 aromatic heterocycles. The lowest BCUT2D eigenvalue weighted by molar-refractivity contribution is -0.123. The highest BCUT2D eigenvalue weighted by atomic mass is 35.5. The Morgan fingerprint density at radius 3 is 2.64 bits per heavy atom. The van der Waals surface area contributed by atoms with E-state index in [2.05, 4.69) is 4.99 Å². The van der Waals surface area contributed by atoms with E-state index in [1.165, 1.54) is 16.5 Å². The summed E-state index contributed by atoms with van der Waals surface area (Å²) in [7, 11) is 0. The van der Waals surface area contributed by atoms with Gasteiger partial charge in [0, 0.05) is 19.3 Å². The molecular formula is C27H26Cl2N4O3. The van der Waals surface area contributed by atoms with Gasteiger partial charge in [0.25, 0.3) is 5.91 Å². The van der Waals surface area contributed by atoms with E-state index in [1.807, 2.05) is 30.3 Å². The summed E-state index contributed by atoms with van der Waals surface area (Å²) in [5.41, 5.74) is 2.36. The van der Waals surface area contributed by atoms with Crippen molar-refractivity contribution >= 4 is 52.6 Å². The predicted octanol–water partition coefficient (Wildman–Crippen LogP) is 6.05. The predicted molar refractivity (Wildman–Crippen MR) is 142 cm³/mol. The lowest BCUT2D eigenvalue weighted by Gasteiger charge is -2.27. The number of nitrogens with zero attached hydrogens (tertiary/aromatic N) is 4. The normalized spacial score (nSPS) is 16.8. The average molecular weight is 525 g/mol. The number of hydrogen-bond donors (Lipinski definition) is 0. The molecule has 2 aromatic rings. The molecule has 0 aliphatic carbocycles. The summed E-state index contributed by atoms with van der Waals surface area (Å²) in [4.78, 5) is 33.4. The summed E-state index contributed by atoms with van der Waals surface area (Å²) >= 11 is 12.7. The molecule has 2 aromatic carbocycles. The number of allylic oxidation sites excluding steroid dienone is 1. The molecule has 0 spiro atoms. The van der Waals surface area contributed by atoms with Crippen LogP contribution in [0.4, 0.5) is 10.5 Å². The number of anilines is 1. The van der Waals surface area contributed by atoms with Gasteiger partial charge in [-0.25, -0.2) is 9.69 Å². The van der Waals surface area contributed by atoms with Crippen LogP contribution in [0.3, 0.4) is 0 Å². The van der Waals surface area contributed by atoms with Crippen LogP contribution in [0.5, 0.6) is 5.75 Å². The van der Waals surface area contributed by atoms with Gasteiger partial charge in [-0.2, -0.15) is 5.26 Å². The Bertz CT molecular complexity index is 1330. The van der Waals surface area contributed by atoms with Crippen LogP contribution in [0.25, 0.3) is 5.57 Å². The minimum absolute atomic E-state index is 0.232. The number of benzene rings is 2. The number of urea groups is 1. The van der Waals surface area contributed by atoms with Crippen molar-refractivity contribution in [1.29, 1.82) is 5.26 Å². The van der Waals surface area contributed by atoms with Gasteiger partial charge in [-0.15, -0.1) is 0 Å². The van der Waals surface area contributed by atoms with Crippen molar-refractivity contribution in [3.63, 3.8) is 0 Å². The van der Waals surface area contributed by atoms with Crippen molar-refractivity contribution in [3.05, 3.63) is 63.1 Å². The second-order valence-corrected chi connectivity index (χ2v) is 9.95. The number of hydrogen-bond acceptors (Lipinski definition) is 5. The zero-order valence-corrected chi connectivity index (χ0v) is 21.9. The Balaban J connectivity index is 1.41. The maximum Gasteiger partial charge on any atom is 0.332 e. The molecule has 0 bridgehead atoms. The second kappa shape index (κ2) is 10.3. The number of nitriles is 1. The molecule has 2 heterocycles. The maximum atomic E-state index is 13.3. The highest BCUT2D eigenvalue weighted by Gasteiger charge is 2.51. The molecular weight excluding hydrogens is 499 g/mol. The van der Waals surface area contributed by atoms with E-state index in [-0.39, 0.29) is 10.9 Å². The highest BCUT2D eigenvalue weighted by molar-refractivity contribution is 6.33. The van der Waals surface area contributed by atoms with Crippen LogP contribution in [0.2, 0.25) is 10.0 Å². The van der Waals surface area contributed by atoms with E-state index in [0.29, 0.717) is 47.2 Å². The first-order valence-electron chi connectivity index (χ1n) is 11.6. The van der Waals surface area contributed by atoms with Gasteiger partial charge in [0.05, 0.1) is 27.9 Å². The molecule has 0 unspecified atom stereocenters. The van der Waals surface area contributed by atoms with E-state index in [9.17, 15) is 14.9 Å². The lowest BCUT2D eigenvalue weighted by Crippen LogP contribution is -2.44. The topological polar surface area (TPSA) is 86.0 Å². The molecule has 0 saturated carbocycles. The molecule has 0 radical (unpaired) electrons. The van der Waals surface area contributed by atoms with Crippen molar-refractivity contribution in [1.82, 2.24) is 4.90 Å². The fourth-order valence-electron chi connectivity index (χ4n) is 4.38. The van der Waals surface area contributed by atoms with Crippen molar-refractivity contribution in [3.8, 4) is 11.8 Å². The Morgan fingerprint density at radius 2 is 1.97 bits per heavy atom. The fourth-order valence-corrected chi connectivity index (χ4v) is 4.81. The van der Waals surface area contributed by atoms with Crippen LogP contribution in [-0.2, 0) is 4.79 Å². The highest BCUT2D eigenvalue weighted by Crippen LogP contribution is 2.37. The summed E-state index contributed by atoms with van der Waals surface area (Å²) in [6, 6.07) is 10.4. The second-order valence-electron chi connectivity index (χ2n) is 9.16. The number of carbonyl (C=O) groups excluding carboxylic acids is 2. The van der Waals surface area contributed by atoms with Crippen LogP contribution >= 0.6 is 23.2 Å². The van der Waals surface area contributed by atoms with E-state index in [1.54, 1.807) is 33.1 Å². The SMILES string of the molecule is Cc1c(N2C(=O)N(CCCOc3ccc(C4=CC=NCC4)cc3Cl)C(C)(C)C2=O)ccc(C#N)c1Cl. The van der Waals surface area contributed by atoms with Gasteiger partial charge in [0.15, 0.2) is 0 Å². The van der Waals surface area contributed by atoms with Gasteiger partial charge >= 0.3 is 6.03 Å². The van der Waals surface area contributed by atoms with Gasteiger partial charge in [-0.1, -0.05) is 29.3 Å². The summed E-state index contributed by atoms with van der Waals surface area (Å²) < 4.78 is 5.88. The van der Waals surface area contributed by atoms with Gasteiger partial charge in [-0.3, -0.25) is 9.79 Å². The summed E-state index contributed by atoms with van der Waals surface area (Å²) in [6.07, 6.45) is 5.17. The van der Waals surface area contributed by atoms with Crippen LogP contribution in [0.15, 0.2) is 41.4 Å². The number of halogens is 2. The first-order valence-corrected chi connectivity index (χ1v) is 12.4. The zero-order valence-electron chi connectivity index (χ0n) is 20.3. The molecule has 4 rings (SSSR count). The largest absolute Gasteiger partial charge is 0.492 e. The molecule has 2 aliphatic rings. The fraction of sp³-hybridized carbons (Fsp3) is 0.333. The van der Waals surface area contributed by atoms with Gasteiger partial charge in [-0.05, 0) is 80.7 Å². The molecule has 2 aliphatic heterocycles. The molecule has 186 valence electrons. The Morgan fingerprint density at radius 1 is 1.19 bits per heavy atom. The Hall–Kier alpha value is -3.34. The molecule has 1 saturated heterocycles. The summed E-state index contributed by atoms with van der Waals surface area (Å²) in [5.74, 6) is 0.219. The molecule has 36 heavy (non-hydrogen) atoms. The van der Waals surface area contributed by atoms with Crippen LogP contribution in [0.1, 0.15) is 43.4 Å². The third-order valence-electron chi connectivity index (χ3n) is 6.52. The van der Waals surface area contributed by atoms with Gasteiger partial charge < -0.3 is 9.64 Å². The molecule has 9 heteroatoms. The minimum Gasteiger partial charge on any atom is -0.492 e. The zero-order chi connectivity index (χ0) is 26.0. The Kier molecular flexibility index (Phi) is 7.39. The first kappa shape index (κ1) is 25.7. The van der Waals surface area contributed by atoms with E-state index >= 15 is 0 Å². The quantitative estimate of drug-likeness (QED) is 0.326. The lowest BCUT2D eigenvalue weighted by atomic mass is 10.0. The van der Waals surface area contributed by atoms with Crippen LogP contribution < -0.4 is 9.64 Å². The molecule has 0 atom stereocenters. The van der Waals surface area contributed by atoms with Crippen LogP contribution in [-0.4, -0.2) is 48.3 Å². The summed E-state index contributed by atoms with van der Waals surface area (Å²) in [5, 5.41) is 9.95. The number of rotatable bonds is 7. The number of imide groups is 1. The number of amides is 3. The van der Waals surface area contributed by atoms with Crippen molar-refractivity contribution in [2.45, 2.75) is 39.2 Å². The number of dihydropyridines is 1. The molecule has 1 fully saturated rings. The van der Waals surface area contributed by atoms with E-state index < -0.39 is 11.6 Å². The average Bonchev–Trinajstić information content (AvgIpc) is 3.03. The Labute approximate surface area is 220 Å². The van der Waals surface area contributed by atoms with Crippen LogP contribution in [0, 0.1) is 18.3 Å². The van der Waals surface area contributed by atoms with E-state index in [4.69, 9.17) is 27.9 Å². The minimum atomic E-state index is -1.04. The van der Waals surface area contributed by atoms with Crippen molar-refractivity contribution in [2.24, 2.45) is 4.99 Å². The standard InChI is InChI=1S/C27H26Cl2N4O3/c1-17-22(7-5-20(16-30)24(17)29)33-25(34)27(2,3)32(26(33)35)13-4-14-36-23-8-6-19(15-21(23)28)18-9-11-31-12-10-18/h5-9,11,15H,4,10,12-14H2,1-3H3. The molecule has 0 N–H and O–H groups in total. The monoisotopic (exact) mass is 524 g/mol. The van der Waals surface area contributed by atoms with Crippen molar-refractivity contribution in [2.75, 3.05) is 24.6 Å². The third kappa shape index (κ3) is 4.71. The molecule has 7 nitrogen and oxygen atoms in total. The van der Waals surface area contributed by atoms with Gasteiger partial charge in [0.1, 0.15) is 17.4 Å². The molecule has 3 amide bonds. The van der Waals surface area contributed by atoms with Crippen molar-refractivity contribution < 1.29 is 14.3 Å². The first-order chi connectivity index (χ1) is 17.2.